The number of sulfonamides is 1. The van der Waals surface area contributed by atoms with E-state index in [1.165, 1.54) is 24.3 Å². The summed E-state index contributed by atoms with van der Waals surface area (Å²) >= 11 is 0. The van der Waals surface area contributed by atoms with Gasteiger partial charge in [-0.2, -0.15) is 0 Å². The molecule has 2 heterocycles. The van der Waals surface area contributed by atoms with Gasteiger partial charge in [-0.1, -0.05) is 47.6 Å². The first-order valence-corrected chi connectivity index (χ1v) is 13.6. The average molecular weight is 539 g/mol. The number of hydrogen-bond acceptors (Lipinski definition) is 7. The summed E-state index contributed by atoms with van der Waals surface area (Å²) in [6.45, 7) is 1.00. The highest BCUT2D eigenvalue weighted by atomic mass is 32.2. The SMILES string of the molecule is COC1(c2cc(F)cc(OCc3onc(-c4ccccc4)c3-c3ccc(S(N)(=O)=O)cc3)c2)CCOCC1. The molecule has 1 aliphatic rings. The third-order valence-electron chi connectivity index (χ3n) is 6.74. The highest BCUT2D eigenvalue weighted by Crippen LogP contribution is 2.39. The Labute approximate surface area is 220 Å². The fourth-order valence-corrected chi connectivity index (χ4v) is 5.21. The molecule has 0 radical (unpaired) electrons. The number of aromatic nitrogens is 1. The quantitative estimate of drug-likeness (QED) is 0.335. The molecular formula is C28H27FN2O6S. The number of nitrogens with zero attached hydrogens (tertiary/aromatic N) is 1. The Bertz CT molecular complexity index is 1510. The van der Waals surface area contributed by atoms with E-state index in [1.807, 2.05) is 30.3 Å². The molecule has 4 aromatic rings. The number of ether oxygens (including phenoxy) is 3. The molecule has 38 heavy (non-hydrogen) atoms. The van der Waals surface area contributed by atoms with Gasteiger partial charge >= 0.3 is 0 Å². The van der Waals surface area contributed by atoms with Crippen molar-refractivity contribution >= 4 is 10.0 Å². The van der Waals surface area contributed by atoms with Crippen LogP contribution in [0.5, 0.6) is 5.75 Å². The van der Waals surface area contributed by atoms with Crippen LogP contribution in [-0.2, 0) is 31.7 Å². The fourth-order valence-electron chi connectivity index (χ4n) is 4.69. The Balaban J connectivity index is 1.49. The standard InChI is InChI=1S/C28H27FN2O6S/c1-34-28(11-13-35-14-12-28)21-15-22(29)17-23(16-21)36-18-25-26(19-7-9-24(10-8-19)38(30,32)33)27(31-37-25)20-5-3-2-4-6-20/h2-10,15-17H,11-14,18H2,1H3,(H2,30,32,33). The van der Waals surface area contributed by atoms with Gasteiger partial charge in [0, 0.05) is 44.8 Å². The number of rotatable bonds is 8. The minimum Gasteiger partial charge on any atom is -0.485 e. The van der Waals surface area contributed by atoms with Gasteiger partial charge in [0.25, 0.3) is 0 Å². The van der Waals surface area contributed by atoms with Crippen LogP contribution in [0.15, 0.2) is 82.2 Å². The third kappa shape index (κ3) is 5.34. The zero-order chi connectivity index (χ0) is 26.8. The van der Waals surface area contributed by atoms with Crippen LogP contribution in [0.2, 0.25) is 0 Å². The Hall–Kier alpha value is -3.57. The predicted octanol–water partition coefficient (Wildman–Crippen LogP) is 5.03. The molecule has 0 amide bonds. The Kier molecular flexibility index (Phi) is 7.31. The molecule has 1 fully saturated rings. The Morgan fingerprint density at radius 2 is 1.71 bits per heavy atom. The van der Waals surface area contributed by atoms with E-state index >= 15 is 0 Å². The summed E-state index contributed by atoms with van der Waals surface area (Å²) in [6, 6.07) is 20.1. The van der Waals surface area contributed by atoms with Gasteiger partial charge in [0.1, 0.15) is 23.9 Å². The molecule has 0 bridgehead atoms. The Morgan fingerprint density at radius 1 is 1.00 bits per heavy atom. The maximum absolute atomic E-state index is 14.7. The number of primary sulfonamides is 1. The van der Waals surface area contributed by atoms with E-state index in [0.717, 1.165) is 5.56 Å². The highest BCUT2D eigenvalue weighted by Gasteiger charge is 2.35. The van der Waals surface area contributed by atoms with Gasteiger partial charge in [-0.15, -0.1) is 0 Å². The molecule has 8 nitrogen and oxygen atoms in total. The largest absolute Gasteiger partial charge is 0.485 e. The second kappa shape index (κ2) is 10.7. The number of nitrogens with two attached hydrogens (primary N) is 1. The van der Waals surface area contributed by atoms with Crippen LogP contribution in [0.3, 0.4) is 0 Å². The average Bonchev–Trinajstić information content (AvgIpc) is 3.36. The first-order chi connectivity index (χ1) is 18.3. The number of methoxy groups -OCH3 is 1. The molecule has 5 rings (SSSR count). The summed E-state index contributed by atoms with van der Waals surface area (Å²) in [5.41, 5.74) is 2.69. The molecule has 2 N–H and O–H groups in total. The highest BCUT2D eigenvalue weighted by molar-refractivity contribution is 7.89. The number of halogens is 1. The van der Waals surface area contributed by atoms with Crippen LogP contribution in [0.4, 0.5) is 4.39 Å². The molecule has 0 saturated carbocycles. The lowest BCUT2D eigenvalue weighted by Crippen LogP contribution is -2.35. The van der Waals surface area contributed by atoms with Crippen molar-refractivity contribution in [3.05, 3.63) is 89.9 Å². The monoisotopic (exact) mass is 538 g/mol. The van der Waals surface area contributed by atoms with Crippen molar-refractivity contribution in [2.24, 2.45) is 5.14 Å². The minimum absolute atomic E-state index is 0.00996. The molecule has 1 aromatic heterocycles. The van der Waals surface area contributed by atoms with Crippen molar-refractivity contribution in [2.45, 2.75) is 29.9 Å². The van der Waals surface area contributed by atoms with E-state index in [2.05, 4.69) is 5.16 Å². The van der Waals surface area contributed by atoms with Gasteiger partial charge < -0.3 is 18.7 Å². The molecule has 0 atom stereocenters. The summed E-state index contributed by atoms with van der Waals surface area (Å²) < 4.78 is 61.1. The maximum atomic E-state index is 14.7. The molecule has 1 saturated heterocycles. The van der Waals surface area contributed by atoms with Gasteiger partial charge in [-0.25, -0.2) is 17.9 Å². The summed E-state index contributed by atoms with van der Waals surface area (Å²) in [4.78, 5) is -0.00996. The molecule has 198 valence electrons. The molecule has 10 heteroatoms. The van der Waals surface area contributed by atoms with Gasteiger partial charge in [-0.3, -0.25) is 0 Å². The fraction of sp³-hybridized carbons (Fsp3) is 0.250. The topological polar surface area (TPSA) is 114 Å². The molecule has 1 aliphatic heterocycles. The van der Waals surface area contributed by atoms with Gasteiger partial charge in [0.2, 0.25) is 10.0 Å². The van der Waals surface area contributed by atoms with Gasteiger partial charge in [-0.05, 0) is 35.4 Å². The normalized spacial score (nSPS) is 15.3. The zero-order valence-electron chi connectivity index (χ0n) is 20.7. The lowest BCUT2D eigenvalue weighted by atomic mass is 9.86. The number of benzene rings is 3. The van der Waals surface area contributed by atoms with E-state index in [9.17, 15) is 12.8 Å². The molecule has 0 unspecified atom stereocenters. The van der Waals surface area contributed by atoms with Crippen molar-refractivity contribution in [2.75, 3.05) is 20.3 Å². The Morgan fingerprint density at radius 3 is 2.37 bits per heavy atom. The lowest BCUT2D eigenvalue weighted by Gasteiger charge is -2.36. The van der Waals surface area contributed by atoms with E-state index in [4.69, 9.17) is 23.9 Å². The van der Waals surface area contributed by atoms with Gasteiger partial charge in [0.05, 0.1) is 16.1 Å². The summed E-state index contributed by atoms with van der Waals surface area (Å²) in [5.74, 6) is 0.267. The van der Waals surface area contributed by atoms with E-state index in [0.29, 0.717) is 59.9 Å². The summed E-state index contributed by atoms with van der Waals surface area (Å²) in [5, 5.41) is 9.53. The predicted molar refractivity (Wildman–Crippen MR) is 138 cm³/mol. The first kappa shape index (κ1) is 26.1. The van der Waals surface area contributed by atoms with E-state index in [-0.39, 0.29) is 11.5 Å². The smallest absolute Gasteiger partial charge is 0.238 e. The minimum atomic E-state index is -3.85. The van der Waals surface area contributed by atoms with Crippen molar-refractivity contribution in [3.8, 4) is 28.1 Å². The maximum Gasteiger partial charge on any atom is 0.238 e. The summed E-state index contributed by atoms with van der Waals surface area (Å²) in [7, 11) is -2.23. The molecule has 0 aliphatic carbocycles. The van der Waals surface area contributed by atoms with Crippen molar-refractivity contribution in [1.29, 1.82) is 0 Å². The lowest BCUT2D eigenvalue weighted by molar-refractivity contribution is -0.0950. The molecule has 0 spiro atoms. The third-order valence-corrected chi connectivity index (χ3v) is 7.67. The van der Waals surface area contributed by atoms with Crippen molar-refractivity contribution in [1.82, 2.24) is 5.16 Å². The van der Waals surface area contributed by atoms with E-state index < -0.39 is 21.4 Å². The second-order valence-corrected chi connectivity index (χ2v) is 10.6. The van der Waals surface area contributed by atoms with Crippen LogP contribution in [-0.4, -0.2) is 33.9 Å². The van der Waals surface area contributed by atoms with Crippen LogP contribution in [0.1, 0.15) is 24.2 Å². The molecule has 3 aromatic carbocycles. The van der Waals surface area contributed by atoms with Crippen molar-refractivity contribution < 1.29 is 31.5 Å². The van der Waals surface area contributed by atoms with Crippen molar-refractivity contribution in [3.63, 3.8) is 0 Å². The first-order valence-electron chi connectivity index (χ1n) is 12.0. The van der Waals surface area contributed by atoms with Gasteiger partial charge in [0.15, 0.2) is 5.76 Å². The second-order valence-electron chi connectivity index (χ2n) is 9.04. The van der Waals surface area contributed by atoms with Crippen LogP contribution < -0.4 is 9.88 Å². The number of hydrogen-bond donors (Lipinski definition) is 1. The van der Waals surface area contributed by atoms with Crippen LogP contribution >= 0.6 is 0 Å². The van der Waals surface area contributed by atoms with E-state index in [1.54, 1.807) is 25.3 Å². The molecular weight excluding hydrogens is 511 g/mol. The zero-order valence-corrected chi connectivity index (χ0v) is 21.5. The van der Waals surface area contributed by atoms with Crippen LogP contribution in [0, 0.1) is 5.82 Å². The summed E-state index contributed by atoms with van der Waals surface area (Å²) in [6.07, 6.45) is 1.21. The van der Waals surface area contributed by atoms with Crippen LogP contribution in [0.25, 0.3) is 22.4 Å².